The number of morpholine rings is 1. The van der Waals surface area contributed by atoms with E-state index in [0.717, 1.165) is 32.2 Å². The normalized spacial score (nSPS) is 30.2. The molecule has 0 radical (unpaired) electrons. The average molecular weight is 269 g/mol. The topological polar surface area (TPSA) is 27.7 Å². The van der Waals surface area contributed by atoms with Crippen molar-refractivity contribution >= 4 is 0 Å². The standard InChI is InChI=1S/C15H31N3O/c1-13(2)18-7-8-19-15(12-18)11-17(3)10-14-5-4-6-16-9-14/h13-16H,4-12H2,1-3H3. The maximum absolute atomic E-state index is 5.92. The summed E-state index contributed by atoms with van der Waals surface area (Å²) in [4.78, 5) is 5.00. The molecule has 4 nitrogen and oxygen atoms in total. The third-order valence-electron chi connectivity index (χ3n) is 4.38. The van der Waals surface area contributed by atoms with Crippen molar-refractivity contribution in [2.24, 2.45) is 5.92 Å². The van der Waals surface area contributed by atoms with Gasteiger partial charge >= 0.3 is 0 Å². The Morgan fingerprint density at radius 2 is 2.21 bits per heavy atom. The summed E-state index contributed by atoms with van der Waals surface area (Å²) < 4.78 is 5.92. The molecule has 0 aromatic heterocycles. The third kappa shape index (κ3) is 5.03. The molecule has 2 fully saturated rings. The third-order valence-corrected chi connectivity index (χ3v) is 4.38. The minimum atomic E-state index is 0.387. The van der Waals surface area contributed by atoms with E-state index in [1.165, 1.54) is 32.5 Å². The Labute approximate surface area is 118 Å². The van der Waals surface area contributed by atoms with E-state index in [1.807, 2.05) is 0 Å². The molecule has 2 saturated heterocycles. The van der Waals surface area contributed by atoms with E-state index in [4.69, 9.17) is 4.74 Å². The van der Waals surface area contributed by atoms with Gasteiger partial charge in [-0.2, -0.15) is 0 Å². The van der Waals surface area contributed by atoms with Crippen molar-refractivity contribution in [1.29, 1.82) is 0 Å². The largest absolute Gasteiger partial charge is 0.374 e. The second-order valence-corrected chi connectivity index (χ2v) is 6.52. The molecule has 2 unspecified atom stereocenters. The second kappa shape index (κ2) is 7.58. The van der Waals surface area contributed by atoms with Crippen molar-refractivity contribution in [2.75, 3.05) is 52.9 Å². The van der Waals surface area contributed by atoms with E-state index in [1.54, 1.807) is 0 Å². The van der Waals surface area contributed by atoms with Crippen LogP contribution < -0.4 is 5.32 Å². The fraction of sp³-hybridized carbons (Fsp3) is 1.00. The minimum Gasteiger partial charge on any atom is -0.374 e. The van der Waals surface area contributed by atoms with Gasteiger partial charge < -0.3 is 15.0 Å². The van der Waals surface area contributed by atoms with Gasteiger partial charge in [0.05, 0.1) is 12.7 Å². The van der Waals surface area contributed by atoms with Crippen LogP contribution in [0.25, 0.3) is 0 Å². The number of hydrogen-bond donors (Lipinski definition) is 1. The zero-order valence-corrected chi connectivity index (χ0v) is 12.9. The predicted molar refractivity (Wildman–Crippen MR) is 79.5 cm³/mol. The first kappa shape index (κ1) is 15.2. The Kier molecular flexibility index (Phi) is 6.07. The molecule has 0 saturated carbocycles. The molecule has 0 amide bonds. The van der Waals surface area contributed by atoms with Crippen LogP contribution >= 0.6 is 0 Å². The molecule has 1 N–H and O–H groups in total. The molecule has 19 heavy (non-hydrogen) atoms. The van der Waals surface area contributed by atoms with E-state index >= 15 is 0 Å². The molecule has 2 rings (SSSR count). The van der Waals surface area contributed by atoms with Crippen LogP contribution in [-0.4, -0.2) is 74.9 Å². The average Bonchev–Trinajstić information content (AvgIpc) is 2.40. The van der Waals surface area contributed by atoms with E-state index in [9.17, 15) is 0 Å². The Balaban J connectivity index is 1.70. The molecule has 4 heteroatoms. The summed E-state index contributed by atoms with van der Waals surface area (Å²) in [7, 11) is 2.24. The van der Waals surface area contributed by atoms with Gasteiger partial charge in [-0.25, -0.2) is 0 Å². The van der Waals surface area contributed by atoms with Gasteiger partial charge in [-0.3, -0.25) is 4.90 Å². The first-order valence-electron chi connectivity index (χ1n) is 7.90. The minimum absolute atomic E-state index is 0.387. The molecule has 0 aromatic carbocycles. The van der Waals surface area contributed by atoms with Crippen LogP contribution in [-0.2, 0) is 4.74 Å². The van der Waals surface area contributed by atoms with Crippen LogP contribution in [0.15, 0.2) is 0 Å². The first-order chi connectivity index (χ1) is 9.15. The molecular weight excluding hydrogens is 238 g/mol. The van der Waals surface area contributed by atoms with E-state index in [0.29, 0.717) is 12.1 Å². The zero-order valence-electron chi connectivity index (χ0n) is 12.9. The summed E-state index contributed by atoms with van der Waals surface area (Å²) in [5.74, 6) is 0.823. The van der Waals surface area contributed by atoms with Crippen LogP contribution in [0.3, 0.4) is 0 Å². The highest BCUT2D eigenvalue weighted by Crippen LogP contribution is 2.13. The van der Waals surface area contributed by atoms with Crippen LogP contribution in [0.1, 0.15) is 26.7 Å². The van der Waals surface area contributed by atoms with Crippen LogP contribution in [0.2, 0.25) is 0 Å². The molecule has 2 heterocycles. The maximum Gasteiger partial charge on any atom is 0.0829 e. The number of rotatable bonds is 5. The van der Waals surface area contributed by atoms with Gasteiger partial charge in [-0.1, -0.05) is 0 Å². The quantitative estimate of drug-likeness (QED) is 0.807. The summed E-state index contributed by atoms with van der Waals surface area (Å²) in [6.07, 6.45) is 3.10. The lowest BCUT2D eigenvalue weighted by Crippen LogP contribution is -2.50. The summed E-state index contributed by atoms with van der Waals surface area (Å²) in [6.45, 7) is 12.3. The monoisotopic (exact) mass is 269 g/mol. The van der Waals surface area contributed by atoms with Crippen LogP contribution in [0.4, 0.5) is 0 Å². The summed E-state index contributed by atoms with van der Waals surface area (Å²) in [5.41, 5.74) is 0. The number of nitrogens with one attached hydrogen (secondary N) is 1. The molecule has 0 aromatic rings. The van der Waals surface area contributed by atoms with E-state index in [-0.39, 0.29) is 0 Å². The second-order valence-electron chi connectivity index (χ2n) is 6.52. The molecule has 0 aliphatic carbocycles. The smallest absolute Gasteiger partial charge is 0.0829 e. The fourth-order valence-corrected chi connectivity index (χ4v) is 3.26. The summed E-state index contributed by atoms with van der Waals surface area (Å²) in [5, 5.41) is 3.50. The highest BCUT2D eigenvalue weighted by atomic mass is 16.5. The molecule has 2 aliphatic heterocycles. The predicted octanol–water partition coefficient (Wildman–Crippen LogP) is 1.03. The van der Waals surface area contributed by atoms with Gasteiger partial charge in [0, 0.05) is 32.2 Å². The summed E-state index contributed by atoms with van der Waals surface area (Å²) >= 11 is 0. The van der Waals surface area contributed by atoms with Gasteiger partial charge in [0.2, 0.25) is 0 Å². The fourth-order valence-electron chi connectivity index (χ4n) is 3.26. The van der Waals surface area contributed by atoms with Crippen molar-refractivity contribution in [2.45, 2.75) is 38.8 Å². The van der Waals surface area contributed by atoms with Crippen molar-refractivity contribution in [1.82, 2.24) is 15.1 Å². The highest BCUT2D eigenvalue weighted by Gasteiger charge is 2.24. The maximum atomic E-state index is 5.92. The lowest BCUT2D eigenvalue weighted by molar-refractivity contribution is -0.0508. The van der Waals surface area contributed by atoms with E-state index in [2.05, 4.69) is 36.0 Å². The van der Waals surface area contributed by atoms with Crippen LogP contribution in [0, 0.1) is 5.92 Å². The number of nitrogens with zero attached hydrogens (tertiary/aromatic N) is 2. The molecule has 0 bridgehead atoms. The Hall–Kier alpha value is -0.160. The van der Waals surface area contributed by atoms with Gasteiger partial charge in [0.1, 0.15) is 0 Å². The van der Waals surface area contributed by atoms with Crippen molar-refractivity contribution in [3.8, 4) is 0 Å². The Morgan fingerprint density at radius 3 is 2.89 bits per heavy atom. The number of likely N-dealkylation sites (N-methyl/N-ethyl adjacent to an activating group) is 1. The SMILES string of the molecule is CC(C)N1CCOC(CN(C)CC2CCCNC2)C1. The van der Waals surface area contributed by atoms with Gasteiger partial charge in [-0.05, 0) is 52.7 Å². The van der Waals surface area contributed by atoms with Crippen molar-refractivity contribution in [3.05, 3.63) is 0 Å². The molecule has 2 aliphatic rings. The van der Waals surface area contributed by atoms with E-state index < -0.39 is 0 Å². The lowest BCUT2D eigenvalue weighted by atomic mass is 9.99. The molecule has 2 atom stereocenters. The van der Waals surface area contributed by atoms with Gasteiger partial charge in [-0.15, -0.1) is 0 Å². The zero-order chi connectivity index (χ0) is 13.7. The lowest BCUT2D eigenvalue weighted by Gasteiger charge is -2.37. The van der Waals surface area contributed by atoms with Crippen LogP contribution in [0.5, 0.6) is 0 Å². The number of piperidine rings is 1. The number of ether oxygens (including phenoxy) is 1. The molecule has 0 spiro atoms. The highest BCUT2D eigenvalue weighted by molar-refractivity contribution is 4.78. The number of hydrogen-bond acceptors (Lipinski definition) is 4. The van der Waals surface area contributed by atoms with Gasteiger partial charge in [0.25, 0.3) is 0 Å². The first-order valence-corrected chi connectivity index (χ1v) is 7.90. The van der Waals surface area contributed by atoms with Crippen molar-refractivity contribution in [3.63, 3.8) is 0 Å². The van der Waals surface area contributed by atoms with Crippen molar-refractivity contribution < 1.29 is 4.74 Å². The Morgan fingerprint density at radius 1 is 1.37 bits per heavy atom. The molecular formula is C15H31N3O. The Bertz CT molecular complexity index is 254. The van der Waals surface area contributed by atoms with Gasteiger partial charge in [0.15, 0.2) is 0 Å². The molecule has 112 valence electrons. The summed E-state index contributed by atoms with van der Waals surface area (Å²) in [6, 6.07) is 0.638.